The number of hydrogen-bond acceptors (Lipinski definition) is 4. The Morgan fingerprint density at radius 2 is 2.05 bits per heavy atom. The molecule has 0 atom stereocenters. The summed E-state index contributed by atoms with van der Waals surface area (Å²) in [7, 11) is 4.18. The fourth-order valence-corrected chi connectivity index (χ4v) is 2.80. The second-order valence-electron chi connectivity index (χ2n) is 5.64. The molecule has 0 spiro atoms. The fraction of sp³-hybridized carbons (Fsp3) is 0.562. The lowest BCUT2D eigenvalue weighted by atomic mass is 10.0. The maximum atomic E-state index is 12.7. The lowest BCUT2D eigenvalue weighted by molar-refractivity contribution is 0.0660. The molecule has 0 radical (unpaired) electrons. The van der Waals surface area contributed by atoms with Gasteiger partial charge >= 0.3 is 0 Å². The molecule has 2 rings (SSSR count). The Bertz CT molecular complexity index is 494. The molecule has 1 aliphatic heterocycles. The first-order valence-corrected chi connectivity index (χ1v) is 7.51. The van der Waals surface area contributed by atoms with E-state index in [0.717, 1.165) is 25.9 Å². The van der Waals surface area contributed by atoms with Crippen LogP contribution >= 0.6 is 0 Å². The van der Waals surface area contributed by atoms with E-state index in [1.54, 1.807) is 12.1 Å². The molecule has 2 N–H and O–H groups in total. The predicted octanol–water partition coefficient (Wildman–Crippen LogP) is 1.83. The van der Waals surface area contributed by atoms with E-state index >= 15 is 0 Å². The van der Waals surface area contributed by atoms with Crippen molar-refractivity contribution in [1.29, 1.82) is 0 Å². The zero-order valence-corrected chi connectivity index (χ0v) is 13.1. The number of rotatable bonds is 4. The maximum Gasteiger partial charge on any atom is 0.259 e. The number of benzene rings is 1. The van der Waals surface area contributed by atoms with E-state index in [2.05, 4.69) is 19.0 Å². The van der Waals surface area contributed by atoms with Gasteiger partial charge in [-0.05, 0) is 46.0 Å². The Kier molecular flexibility index (Phi) is 5.07. The van der Waals surface area contributed by atoms with Gasteiger partial charge in [0.25, 0.3) is 5.91 Å². The second kappa shape index (κ2) is 6.80. The van der Waals surface area contributed by atoms with Crippen LogP contribution in [0.4, 0.5) is 5.69 Å². The van der Waals surface area contributed by atoms with Gasteiger partial charge in [-0.25, -0.2) is 0 Å². The monoisotopic (exact) mass is 291 g/mol. The summed E-state index contributed by atoms with van der Waals surface area (Å²) < 4.78 is 5.55. The minimum atomic E-state index is -0.0197. The van der Waals surface area contributed by atoms with Gasteiger partial charge in [0, 0.05) is 24.8 Å². The molecular formula is C16H25N3O2. The SMILES string of the molecule is CCOc1cccc(N)c1C(=O)N1CCC(N(C)C)CC1. The van der Waals surface area contributed by atoms with Crippen LogP contribution in [0.3, 0.4) is 0 Å². The third-order valence-electron chi connectivity index (χ3n) is 4.05. The van der Waals surface area contributed by atoms with Gasteiger partial charge in [0.05, 0.1) is 6.61 Å². The van der Waals surface area contributed by atoms with Crippen molar-refractivity contribution in [2.75, 3.05) is 39.5 Å². The summed E-state index contributed by atoms with van der Waals surface area (Å²) in [4.78, 5) is 16.9. The molecule has 1 fully saturated rings. The first-order chi connectivity index (χ1) is 10.0. The van der Waals surface area contributed by atoms with Crippen LogP contribution < -0.4 is 10.5 Å². The summed E-state index contributed by atoms with van der Waals surface area (Å²) in [5.74, 6) is 0.561. The highest BCUT2D eigenvalue weighted by molar-refractivity contribution is 6.01. The third-order valence-corrected chi connectivity index (χ3v) is 4.05. The van der Waals surface area contributed by atoms with Gasteiger partial charge in [-0.15, -0.1) is 0 Å². The largest absolute Gasteiger partial charge is 0.493 e. The van der Waals surface area contributed by atoms with E-state index in [-0.39, 0.29) is 5.91 Å². The van der Waals surface area contributed by atoms with Crippen molar-refractivity contribution >= 4 is 11.6 Å². The number of piperidine rings is 1. The van der Waals surface area contributed by atoms with Crippen LogP contribution in [0.2, 0.25) is 0 Å². The smallest absolute Gasteiger partial charge is 0.259 e. The summed E-state index contributed by atoms with van der Waals surface area (Å²) in [6.07, 6.45) is 1.99. The van der Waals surface area contributed by atoms with Gasteiger partial charge in [0.15, 0.2) is 0 Å². The molecule has 21 heavy (non-hydrogen) atoms. The van der Waals surface area contributed by atoms with E-state index in [1.165, 1.54) is 0 Å². The molecule has 116 valence electrons. The van der Waals surface area contributed by atoms with Crippen molar-refractivity contribution in [1.82, 2.24) is 9.80 Å². The van der Waals surface area contributed by atoms with Crippen molar-refractivity contribution in [3.05, 3.63) is 23.8 Å². The molecule has 0 saturated carbocycles. The molecule has 0 bridgehead atoms. The quantitative estimate of drug-likeness (QED) is 0.860. The Morgan fingerprint density at radius 1 is 1.38 bits per heavy atom. The van der Waals surface area contributed by atoms with Gasteiger partial charge in [-0.3, -0.25) is 4.79 Å². The molecule has 1 heterocycles. The van der Waals surface area contributed by atoms with Crippen molar-refractivity contribution in [3.8, 4) is 5.75 Å². The van der Waals surface area contributed by atoms with Crippen LogP contribution in [0.1, 0.15) is 30.1 Å². The molecule has 1 saturated heterocycles. The molecule has 1 aromatic rings. The van der Waals surface area contributed by atoms with E-state index < -0.39 is 0 Å². The maximum absolute atomic E-state index is 12.7. The van der Waals surface area contributed by atoms with Crippen LogP contribution in [-0.4, -0.2) is 55.5 Å². The van der Waals surface area contributed by atoms with Gasteiger partial charge < -0.3 is 20.3 Å². The summed E-state index contributed by atoms with van der Waals surface area (Å²) in [5.41, 5.74) is 6.99. The summed E-state index contributed by atoms with van der Waals surface area (Å²) >= 11 is 0. The summed E-state index contributed by atoms with van der Waals surface area (Å²) in [5, 5.41) is 0. The average Bonchev–Trinajstić information content (AvgIpc) is 2.47. The highest BCUT2D eigenvalue weighted by Gasteiger charge is 2.27. The van der Waals surface area contributed by atoms with E-state index in [4.69, 9.17) is 10.5 Å². The van der Waals surface area contributed by atoms with Gasteiger partial charge in [0.1, 0.15) is 11.3 Å². The van der Waals surface area contributed by atoms with Gasteiger partial charge in [0.2, 0.25) is 0 Å². The molecule has 1 amide bonds. The highest BCUT2D eigenvalue weighted by Crippen LogP contribution is 2.27. The molecule has 0 unspecified atom stereocenters. The minimum Gasteiger partial charge on any atom is -0.493 e. The number of anilines is 1. The van der Waals surface area contributed by atoms with Crippen molar-refractivity contribution in [2.45, 2.75) is 25.8 Å². The number of carbonyl (C=O) groups is 1. The number of ether oxygens (including phenoxy) is 1. The standard InChI is InChI=1S/C16H25N3O2/c1-4-21-14-7-5-6-13(17)15(14)16(20)19-10-8-12(9-11-19)18(2)3/h5-7,12H,4,8-11,17H2,1-3H3. The number of nitrogens with zero attached hydrogens (tertiary/aromatic N) is 2. The first-order valence-electron chi connectivity index (χ1n) is 7.51. The fourth-order valence-electron chi connectivity index (χ4n) is 2.80. The van der Waals surface area contributed by atoms with Crippen molar-refractivity contribution in [3.63, 3.8) is 0 Å². The zero-order chi connectivity index (χ0) is 15.4. The third kappa shape index (κ3) is 3.47. The minimum absolute atomic E-state index is 0.0197. The molecule has 5 heteroatoms. The van der Waals surface area contributed by atoms with Crippen LogP contribution in [-0.2, 0) is 0 Å². The lowest BCUT2D eigenvalue weighted by Crippen LogP contribution is -2.44. The second-order valence-corrected chi connectivity index (χ2v) is 5.64. The topological polar surface area (TPSA) is 58.8 Å². The predicted molar refractivity (Wildman–Crippen MR) is 84.6 cm³/mol. The normalized spacial score (nSPS) is 16.3. The summed E-state index contributed by atoms with van der Waals surface area (Å²) in [6.45, 7) is 3.95. The highest BCUT2D eigenvalue weighted by atomic mass is 16.5. The Morgan fingerprint density at radius 3 is 2.62 bits per heavy atom. The Balaban J connectivity index is 2.14. The number of amides is 1. The van der Waals surface area contributed by atoms with Crippen molar-refractivity contribution in [2.24, 2.45) is 0 Å². The Labute approximate surface area is 126 Å². The molecule has 0 aliphatic carbocycles. The van der Waals surface area contributed by atoms with E-state index in [9.17, 15) is 4.79 Å². The molecule has 1 aliphatic rings. The average molecular weight is 291 g/mol. The first kappa shape index (κ1) is 15.6. The van der Waals surface area contributed by atoms with Gasteiger partial charge in [-0.1, -0.05) is 6.07 Å². The number of nitrogens with two attached hydrogens (primary N) is 1. The number of likely N-dealkylation sites (tertiary alicyclic amines) is 1. The van der Waals surface area contributed by atoms with Gasteiger partial charge in [-0.2, -0.15) is 0 Å². The van der Waals surface area contributed by atoms with E-state index in [1.807, 2.05) is 17.9 Å². The summed E-state index contributed by atoms with van der Waals surface area (Å²) in [6, 6.07) is 5.92. The van der Waals surface area contributed by atoms with E-state index in [0.29, 0.717) is 29.6 Å². The Hall–Kier alpha value is -1.75. The number of nitrogen functional groups attached to an aromatic ring is 1. The molecule has 1 aromatic carbocycles. The molecule has 0 aromatic heterocycles. The lowest BCUT2D eigenvalue weighted by Gasteiger charge is -2.35. The molecule has 5 nitrogen and oxygen atoms in total. The molecular weight excluding hydrogens is 266 g/mol. The van der Waals surface area contributed by atoms with Crippen LogP contribution in [0.25, 0.3) is 0 Å². The van der Waals surface area contributed by atoms with Crippen LogP contribution in [0, 0.1) is 0 Å². The van der Waals surface area contributed by atoms with Crippen LogP contribution in [0.5, 0.6) is 5.75 Å². The van der Waals surface area contributed by atoms with Crippen LogP contribution in [0.15, 0.2) is 18.2 Å². The van der Waals surface area contributed by atoms with Crippen molar-refractivity contribution < 1.29 is 9.53 Å². The zero-order valence-electron chi connectivity index (χ0n) is 13.1. The number of carbonyl (C=O) groups excluding carboxylic acids is 1. The number of hydrogen-bond donors (Lipinski definition) is 1.